The summed E-state index contributed by atoms with van der Waals surface area (Å²) in [6.07, 6.45) is 0. The van der Waals surface area contributed by atoms with Crippen LogP contribution in [0.3, 0.4) is 0 Å². The van der Waals surface area contributed by atoms with E-state index >= 15 is 0 Å². The molecule has 2 aromatic carbocycles. The summed E-state index contributed by atoms with van der Waals surface area (Å²) in [5.74, 6) is -2.12. The van der Waals surface area contributed by atoms with E-state index in [2.05, 4.69) is 14.8 Å². The molecule has 0 unspecified atom stereocenters. The summed E-state index contributed by atoms with van der Waals surface area (Å²) >= 11 is 0. The Labute approximate surface area is 176 Å². The fourth-order valence-electron chi connectivity index (χ4n) is 2.33. The molecule has 1 amide bonds. The molecule has 0 aliphatic carbocycles. The maximum atomic E-state index is 12.5. The van der Waals surface area contributed by atoms with Crippen LogP contribution in [0.2, 0.25) is 0 Å². The Bertz CT molecular complexity index is 930. The third-order valence-electron chi connectivity index (χ3n) is 3.45. The molecule has 0 fully saturated rings. The molecular formula is C21H24F4N2O4. The highest BCUT2D eigenvalue weighted by atomic mass is 19.3. The summed E-state index contributed by atoms with van der Waals surface area (Å²) < 4.78 is 63.6. The Morgan fingerprint density at radius 1 is 0.935 bits per heavy atom. The number of hydrogen-bond acceptors (Lipinski definition) is 5. The fourth-order valence-corrected chi connectivity index (χ4v) is 2.33. The van der Waals surface area contributed by atoms with Crippen molar-refractivity contribution in [2.75, 3.05) is 11.1 Å². The Hall–Kier alpha value is -3.43. The molecule has 3 aromatic rings. The van der Waals surface area contributed by atoms with Crippen LogP contribution in [0, 0.1) is 0 Å². The second kappa shape index (κ2) is 12.3. The van der Waals surface area contributed by atoms with Crippen molar-refractivity contribution in [1.29, 1.82) is 0 Å². The summed E-state index contributed by atoms with van der Waals surface area (Å²) in [5, 5.41) is 2.70. The van der Waals surface area contributed by atoms with E-state index in [4.69, 9.17) is 10.2 Å². The zero-order valence-corrected chi connectivity index (χ0v) is 17.4. The first-order valence-electron chi connectivity index (χ1n) is 9.46. The van der Waals surface area contributed by atoms with Crippen LogP contribution in [0.25, 0.3) is 11.0 Å². The van der Waals surface area contributed by atoms with Crippen molar-refractivity contribution in [2.24, 2.45) is 0 Å². The minimum Gasteiger partial charge on any atom is -0.451 e. The molecule has 0 spiro atoms. The normalized spacial score (nSPS) is 10.1. The highest BCUT2D eigenvalue weighted by molar-refractivity contribution is 6.06. The fraction of sp³-hybridized carbons (Fsp3) is 0.286. The van der Waals surface area contributed by atoms with E-state index in [0.29, 0.717) is 11.4 Å². The number of alkyl halides is 4. The quantitative estimate of drug-likeness (QED) is 0.334. The smallest absolute Gasteiger partial charge is 0.387 e. The summed E-state index contributed by atoms with van der Waals surface area (Å²) in [6, 6.07) is 9.68. The van der Waals surface area contributed by atoms with Gasteiger partial charge in [0.15, 0.2) is 17.3 Å². The van der Waals surface area contributed by atoms with E-state index in [1.54, 1.807) is 24.3 Å². The van der Waals surface area contributed by atoms with Crippen molar-refractivity contribution in [2.45, 2.75) is 40.9 Å². The van der Waals surface area contributed by atoms with Crippen molar-refractivity contribution in [3.8, 4) is 11.5 Å². The number of nitrogens with two attached hydrogens (primary N) is 1. The maximum Gasteiger partial charge on any atom is 0.387 e. The van der Waals surface area contributed by atoms with Gasteiger partial charge in [0.05, 0.1) is 11.4 Å². The zero-order valence-electron chi connectivity index (χ0n) is 17.4. The predicted octanol–water partition coefficient (Wildman–Crippen LogP) is 6.52. The number of nitrogen functional groups attached to an aromatic ring is 1. The van der Waals surface area contributed by atoms with Gasteiger partial charge in [-0.25, -0.2) is 0 Å². The molecule has 0 atom stereocenters. The van der Waals surface area contributed by atoms with Crippen LogP contribution >= 0.6 is 0 Å². The van der Waals surface area contributed by atoms with Crippen LogP contribution in [-0.4, -0.2) is 19.1 Å². The number of carbonyl (C=O) groups excluding carboxylic acids is 1. The van der Waals surface area contributed by atoms with Gasteiger partial charge in [0.25, 0.3) is 5.91 Å². The highest BCUT2D eigenvalue weighted by Gasteiger charge is 2.20. The molecule has 6 nitrogen and oxygen atoms in total. The van der Waals surface area contributed by atoms with Gasteiger partial charge in [0.2, 0.25) is 0 Å². The van der Waals surface area contributed by atoms with Crippen LogP contribution in [0.4, 0.5) is 28.9 Å². The first kappa shape index (κ1) is 25.6. The number of benzene rings is 2. The lowest BCUT2D eigenvalue weighted by molar-refractivity contribution is -0.0691. The molecule has 10 heteroatoms. The molecule has 170 valence electrons. The molecule has 0 saturated carbocycles. The Balaban J connectivity index is 0.00000113. The number of amides is 1. The topological polar surface area (TPSA) is 86.7 Å². The lowest BCUT2D eigenvalue weighted by Crippen LogP contribution is -2.12. The van der Waals surface area contributed by atoms with Crippen LogP contribution in [0.5, 0.6) is 11.5 Å². The second-order valence-corrected chi connectivity index (χ2v) is 5.25. The molecule has 1 aromatic heterocycles. The number of halogens is 4. The molecule has 3 rings (SSSR count). The van der Waals surface area contributed by atoms with Gasteiger partial charge in [-0.05, 0) is 24.3 Å². The van der Waals surface area contributed by atoms with E-state index in [0.717, 1.165) is 12.1 Å². The van der Waals surface area contributed by atoms with Gasteiger partial charge >= 0.3 is 13.2 Å². The van der Waals surface area contributed by atoms with Crippen LogP contribution < -0.4 is 20.5 Å². The maximum absolute atomic E-state index is 12.5. The molecule has 0 bridgehead atoms. The van der Waals surface area contributed by atoms with Gasteiger partial charge in [-0.3, -0.25) is 4.79 Å². The molecule has 0 saturated heterocycles. The monoisotopic (exact) mass is 444 g/mol. The Morgan fingerprint density at radius 3 is 2.03 bits per heavy atom. The molecule has 3 N–H and O–H groups in total. The lowest BCUT2D eigenvalue weighted by Gasteiger charge is -2.11. The standard InChI is InChI=1S/C17H12F4N2O4.2C2H6/c18-16(19)26-12-5-8-6-14(25-11(8)7-13(12)27-17(20)21)15(24)23-10-4-2-1-3-9(10)22;2*1-2/h1-7,16-17H,22H2,(H,23,24);2*1-2H3. The van der Waals surface area contributed by atoms with Gasteiger partial charge in [0.1, 0.15) is 5.58 Å². The minimum atomic E-state index is -3.26. The van der Waals surface area contributed by atoms with Crippen molar-refractivity contribution >= 4 is 28.3 Å². The number of furan rings is 1. The van der Waals surface area contributed by atoms with E-state index in [-0.39, 0.29) is 16.7 Å². The van der Waals surface area contributed by atoms with Gasteiger partial charge in [0, 0.05) is 11.5 Å². The molecule has 0 aliphatic rings. The highest BCUT2D eigenvalue weighted by Crippen LogP contribution is 2.36. The van der Waals surface area contributed by atoms with Crippen molar-refractivity contribution in [1.82, 2.24) is 0 Å². The van der Waals surface area contributed by atoms with E-state index < -0.39 is 30.6 Å². The minimum absolute atomic E-state index is 0.0292. The summed E-state index contributed by atoms with van der Waals surface area (Å²) in [6.45, 7) is 1.49. The van der Waals surface area contributed by atoms with Crippen LogP contribution in [0.15, 0.2) is 46.9 Å². The first-order chi connectivity index (χ1) is 14.8. The molecular weight excluding hydrogens is 420 g/mol. The number of para-hydroxylation sites is 2. The molecule has 0 aliphatic heterocycles. The SMILES string of the molecule is CC.CC.Nc1ccccc1NC(=O)c1cc2cc(OC(F)F)c(OC(F)F)cc2o1. The summed E-state index contributed by atoms with van der Waals surface area (Å²) in [4.78, 5) is 12.3. The number of rotatable bonds is 6. The first-order valence-corrected chi connectivity index (χ1v) is 9.46. The summed E-state index contributed by atoms with van der Waals surface area (Å²) in [7, 11) is 0. The predicted molar refractivity (Wildman–Crippen MR) is 111 cm³/mol. The van der Waals surface area contributed by atoms with Gasteiger partial charge < -0.3 is 24.9 Å². The van der Waals surface area contributed by atoms with E-state index in [9.17, 15) is 22.4 Å². The number of carbonyl (C=O) groups is 1. The van der Waals surface area contributed by atoms with Gasteiger partial charge in [-0.2, -0.15) is 17.6 Å². The van der Waals surface area contributed by atoms with Crippen LogP contribution in [0.1, 0.15) is 38.2 Å². The average molecular weight is 444 g/mol. The van der Waals surface area contributed by atoms with Gasteiger partial charge in [-0.15, -0.1) is 0 Å². The van der Waals surface area contributed by atoms with Crippen molar-refractivity contribution in [3.05, 3.63) is 48.2 Å². The number of anilines is 2. The van der Waals surface area contributed by atoms with E-state index in [1.807, 2.05) is 27.7 Å². The van der Waals surface area contributed by atoms with Crippen LogP contribution in [-0.2, 0) is 0 Å². The molecule has 1 heterocycles. The molecule has 31 heavy (non-hydrogen) atoms. The summed E-state index contributed by atoms with van der Waals surface area (Å²) in [5.41, 5.74) is 6.37. The third kappa shape index (κ3) is 7.09. The third-order valence-corrected chi connectivity index (χ3v) is 3.45. The molecule has 0 radical (unpaired) electrons. The Morgan fingerprint density at radius 2 is 1.48 bits per heavy atom. The number of hydrogen-bond donors (Lipinski definition) is 2. The zero-order chi connectivity index (χ0) is 23.6. The number of fused-ring (bicyclic) bond motifs is 1. The largest absolute Gasteiger partial charge is 0.451 e. The van der Waals surface area contributed by atoms with Crippen molar-refractivity contribution < 1.29 is 36.2 Å². The lowest BCUT2D eigenvalue weighted by atomic mass is 10.2. The van der Waals surface area contributed by atoms with Gasteiger partial charge in [-0.1, -0.05) is 39.8 Å². The number of ether oxygens (including phenoxy) is 2. The van der Waals surface area contributed by atoms with Crippen molar-refractivity contribution in [3.63, 3.8) is 0 Å². The van der Waals surface area contributed by atoms with E-state index in [1.165, 1.54) is 6.07 Å². The average Bonchev–Trinajstić information content (AvgIpc) is 3.15. The number of nitrogens with one attached hydrogen (secondary N) is 1. The second-order valence-electron chi connectivity index (χ2n) is 5.25. The Kier molecular flexibility index (Phi) is 10.2.